The molecule has 0 bridgehead atoms. The van der Waals surface area contributed by atoms with Crippen LogP contribution in [0.3, 0.4) is 0 Å². The quantitative estimate of drug-likeness (QED) is 0.480. The molecule has 1 amide bonds. The lowest BCUT2D eigenvalue weighted by atomic mass is 10.0. The summed E-state index contributed by atoms with van der Waals surface area (Å²) in [4.78, 5) is 16.4. The van der Waals surface area contributed by atoms with Gasteiger partial charge in [-0.1, -0.05) is 30.3 Å². The van der Waals surface area contributed by atoms with Crippen molar-refractivity contribution in [1.82, 2.24) is 4.90 Å². The van der Waals surface area contributed by atoms with E-state index in [-0.39, 0.29) is 16.8 Å². The van der Waals surface area contributed by atoms with Crippen LogP contribution in [0.15, 0.2) is 77.7 Å². The van der Waals surface area contributed by atoms with Gasteiger partial charge in [-0.3, -0.25) is 9.52 Å². The van der Waals surface area contributed by atoms with Crippen LogP contribution in [-0.2, 0) is 21.4 Å². The molecule has 3 rings (SSSR count). The topological polar surface area (TPSA) is 79.0 Å². The van der Waals surface area contributed by atoms with E-state index >= 15 is 0 Å². The minimum atomic E-state index is -3.79. The summed E-state index contributed by atoms with van der Waals surface area (Å²) < 4.78 is 33.6. The third-order valence-corrected chi connectivity index (χ3v) is 7.08. The number of anilines is 2. The Hall–Kier alpha value is -3.52. The minimum absolute atomic E-state index is 0.0646. The first-order valence-electron chi connectivity index (χ1n) is 10.9. The van der Waals surface area contributed by atoms with E-state index in [0.29, 0.717) is 18.0 Å². The monoisotopic (exact) mass is 481 g/mol. The molecule has 0 saturated carbocycles. The number of amides is 1. The second-order valence-corrected chi connectivity index (χ2v) is 9.93. The predicted octanol–water partition coefficient (Wildman–Crippen LogP) is 4.67. The average Bonchev–Trinajstić information content (AvgIpc) is 2.82. The molecule has 0 fully saturated rings. The molecule has 0 aliphatic rings. The maximum absolute atomic E-state index is 12.9. The van der Waals surface area contributed by atoms with Crippen molar-refractivity contribution in [3.63, 3.8) is 0 Å². The molecule has 8 heteroatoms. The molecule has 0 saturated heterocycles. The molecule has 34 heavy (non-hydrogen) atoms. The van der Waals surface area contributed by atoms with Gasteiger partial charge >= 0.3 is 0 Å². The van der Waals surface area contributed by atoms with Crippen LogP contribution in [-0.4, -0.2) is 40.4 Å². The van der Waals surface area contributed by atoms with Gasteiger partial charge in [-0.15, -0.1) is 0 Å². The smallest absolute Gasteiger partial charge is 0.261 e. The Bertz CT molecular complexity index is 1230. The van der Waals surface area contributed by atoms with Gasteiger partial charge in [0.05, 0.1) is 18.0 Å². The molecule has 7 nitrogen and oxygen atoms in total. The highest BCUT2D eigenvalue weighted by molar-refractivity contribution is 7.92. The van der Waals surface area contributed by atoms with Gasteiger partial charge in [0.2, 0.25) is 5.91 Å². The molecule has 0 aliphatic heterocycles. The number of sulfonamides is 1. The van der Waals surface area contributed by atoms with E-state index in [1.54, 1.807) is 36.1 Å². The maximum Gasteiger partial charge on any atom is 0.261 e. The van der Waals surface area contributed by atoms with E-state index in [1.807, 2.05) is 62.3 Å². The fourth-order valence-corrected chi connectivity index (χ4v) is 4.85. The Morgan fingerprint density at radius 2 is 1.65 bits per heavy atom. The molecule has 0 unspecified atom stereocenters. The average molecular weight is 482 g/mol. The third-order valence-electron chi connectivity index (χ3n) is 5.68. The molecule has 0 heterocycles. The lowest BCUT2D eigenvalue weighted by Crippen LogP contribution is -2.31. The first-order valence-corrected chi connectivity index (χ1v) is 12.4. The van der Waals surface area contributed by atoms with Gasteiger partial charge in [0.25, 0.3) is 10.0 Å². The van der Waals surface area contributed by atoms with Crippen LogP contribution < -0.4 is 14.4 Å². The number of methoxy groups -OCH3 is 1. The summed E-state index contributed by atoms with van der Waals surface area (Å²) in [5.41, 5.74) is 3.18. The lowest BCUT2D eigenvalue weighted by Gasteiger charge is -2.30. The van der Waals surface area contributed by atoms with Crippen molar-refractivity contribution < 1.29 is 17.9 Å². The van der Waals surface area contributed by atoms with Crippen molar-refractivity contribution in [2.75, 3.05) is 30.8 Å². The number of carbonyl (C=O) groups is 1. The van der Waals surface area contributed by atoms with Crippen LogP contribution >= 0.6 is 0 Å². The van der Waals surface area contributed by atoms with Gasteiger partial charge in [-0.25, -0.2) is 8.42 Å². The second kappa shape index (κ2) is 10.6. The number of carbonyl (C=O) groups excluding carboxylic acids is 1. The van der Waals surface area contributed by atoms with Gasteiger partial charge in [0.1, 0.15) is 5.75 Å². The summed E-state index contributed by atoms with van der Waals surface area (Å²) in [7, 11) is 1.57. The van der Waals surface area contributed by atoms with Crippen molar-refractivity contribution in [2.45, 2.75) is 31.3 Å². The summed E-state index contributed by atoms with van der Waals surface area (Å²) in [5, 5.41) is 0. The number of rotatable bonds is 9. The van der Waals surface area contributed by atoms with E-state index in [0.717, 1.165) is 16.8 Å². The summed E-state index contributed by atoms with van der Waals surface area (Å²) in [6.07, 6.45) is 0. The number of hydrogen-bond donors (Lipinski definition) is 1. The van der Waals surface area contributed by atoms with Gasteiger partial charge in [0, 0.05) is 38.9 Å². The Morgan fingerprint density at radius 1 is 1.00 bits per heavy atom. The SMILES string of the molecule is COc1ccc(S(=O)(=O)Nc2ccc(N(C)C)c(CN(C(C)=O)[C@@H](C)c3ccccc3)c2)cc1. The van der Waals surface area contributed by atoms with E-state index in [2.05, 4.69) is 4.72 Å². The minimum Gasteiger partial charge on any atom is -0.497 e. The van der Waals surface area contributed by atoms with Crippen molar-refractivity contribution in [3.8, 4) is 5.75 Å². The van der Waals surface area contributed by atoms with E-state index in [9.17, 15) is 13.2 Å². The molecule has 3 aromatic rings. The zero-order valence-electron chi connectivity index (χ0n) is 20.1. The van der Waals surface area contributed by atoms with E-state index < -0.39 is 10.0 Å². The molecule has 0 aliphatic carbocycles. The number of ether oxygens (including phenoxy) is 1. The Morgan fingerprint density at radius 3 is 2.21 bits per heavy atom. The van der Waals surface area contributed by atoms with Crippen LogP contribution in [0.1, 0.15) is 31.0 Å². The number of nitrogens with one attached hydrogen (secondary N) is 1. The standard InChI is InChI=1S/C26H31N3O4S/c1-19(21-9-7-6-8-10-21)29(20(2)30)18-22-17-23(11-16-26(22)28(3)4)27-34(31,32)25-14-12-24(33-5)13-15-25/h6-17,19,27H,18H2,1-5H3/t19-/m0/s1. The Kier molecular flexibility index (Phi) is 7.83. The van der Waals surface area contributed by atoms with Crippen LogP contribution in [0.25, 0.3) is 0 Å². The third kappa shape index (κ3) is 5.88. The molecule has 0 radical (unpaired) electrons. The molecule has 1 N–H and O–H groups in total. The summed E-state index contributed by atoms with van der Waals surface area (Å²) in [6.45, 7) is 3.87. The molecular weight excluding hydrogens is 450 g/mol. The second-order valence-electron chi connectivity index (χ2n) is 8.25. The zero-order chi connectivity index (χ0) is 24.9. The fraction of sp³-hybridized carbons (Fsp3) is 0.269. The Balaban J connectivity index is 1.92. The van der Waals surface area contributed by atoms with E-state index in [4.69, 9.17) is 4.74 Å². The summed E-state index contributed by atoms with van der Waals surface area (Å²) in [6, 6.07) is 21.2. The lowest BCUT2D eigenvalue weighted by molar-refractivity contribution is -0.131. The molecule has 0 spiro atoms. The van der Waals surface area contributed by atoms with E-state index in [1.165, 1.54) is 19.2 Å². The fourth-order valence-electron chi connectivity index (χ4n) is 3.80. The predicted molar refractivity (Wildman–Crippen MR) is 136 cm³/mol. The van der Waals surface area contributed by atoms with Crippen molar-refractivity contribution in [1.29, 1.82) is 0 Å². The van der Waals surface area contributed by atoms with Crippen LogP contribution in [0, 0.1) is 0 Å². The van der Waals surface area contributed by atoms with Crippen LogP contribution in [0.2, 0.25) is 0 Å². The van der Waals surface area contributed by atoms with Crippen molar-refractivity contribution in [3.05, 3.63) is 83.9 Å². The highest BCUT2D eigenvalue weighted by atomic mass is 32.2. The van der Waals surface area contributed by atoms with Crippen LogP contribution in [0.4, 0.5) is 11.4 Å². The summed E-state index contributed by atoms with van der Waals surface area (Å²) >= 11 is 0. The van der Waals surface area contributed by atoms with Gasteiger partial charge in [0.15, 0.2) is 0 Å². The highest BCUT2D eigenvalue weighted by Gasteiger charge is 2.22. The van der Waals surface area contributed by atoms with Gasteiger partial charge in [-0.05, 0) is 60.5 Å². The highest BCUT2D eigenvalue weighted by Crippen LogP contribution is 2.29. The number of nitrogens with zero attached hydrogens (tertiary/aromatic N) is 2. The molecule has 0 aromatic heterocycles. The van der Waals surface area contributed by atoms with Gasteiger partial charge < -0.3 is 14.5 Å². The molecule has 1 atom stereocenters. The first-order chi connectivity index (χ1) is 16.1. The Labute approximate surface area is 202 Å². The first kappa shape index (κ1) is 25.1. The zero-order valence-corrected chi connectivity index (χ0v) is 21.0. The molecular formula is C26H31N3O4S. The number of hydrogen-bond acceptors (Lipinski definition) is 5. The van der Waals surface area contributed by atoms with Crippen LogP contribution in [0.5, 0.6) is 5.75 Å². The molecule has 180 valence electrons. The maximum atomic E-state index is 12.9. The van der Waals surface area contributed by atoms with Crippen molar-refractivity contribution >= 4 is 27.3 Å². The normalized spacial score (nSPS) is 12.0. The van der Waals surface area contributed by atoms with Crippen molar-refractivity contribution in [2.24, 2.45) is 0 Å². The summed E-state index contributed by atoms with van der Waals surface area (Å²) in [5.74, 6) is 0.513. The molecule has 3 aromatic carbocycles. The largest absolute Gasteiger partial charge is 0.497 e. The number of benzene rings is 3. The van der Waals surface area contributed by atoms with Gasteiger partial charge in [-0.2, -0.15) is 0 Å².